The summed E-state index contributed by atoms with van der Waals surface area (Å²) in [4.78, 5) is 18.2. The number of amides is 1. The highest BCUT2D eigenvalue weighted by Crippen LogP contribution is 2.51. The van der Waals surface area contributed by atoms with Crippen molar-refractivity contribution in [1.29, 1.82) is 0 Å². The maximum Gasteiger partial charge on any atom is 0.273 e. The monoisotopic (exact) mass is 296 g/mol. The molecule has 0 aromatic carbocycles. The second-order valence-electron chi connectivity index (χ2n) is 5.59. The second kappa shape index (κ2) is 5.42. The Kier molecular flexibility index (Phi) is 3.79. The number of aromatic nitrogens is 1. The van der Waals surface area contributed by atoms with E-state index in [-0.39, 0.29) is 23.5 Å². The molecule has 6 heteroatoms. The first kappa shape index (κ1) is 14.0. The molecule has 2 unspecified atom stereocenters. The van der Waals surface area contributed by atoms with Crippen LogP contribution < -0.4 is 0 Å². The highest BCUT2D eigenvalue weighted by molar-refractivity contribution is 7.07. The van der Waals surface area contributed by atoms with Gasteiger partial charge in [0.1, 0.15) is 5.69 Å². The van der Waals surface area contributed by atoms with Gasteiger partial charge in [0.25, 0.3) is 5.91 Å². The molecule has 20 heavy (non-hydrogen) atoms. The Balaban J connectivity index is 1.63. The zero-order valence-corrected chi connectivity index (χ0v) is 12.4. The number of carbonyl (C=O) groups is 1. The summed E-state index contributed by atoms with van der Waals surface area (Å²) in [5, 5.41) is 11.9. The zero-order chi connectivity index (χ0) is 14.2. The molecule has 2 aliphatic rings. The van der Waals surface area contributed by atoms with E-state index >= 15 is 0 Å². The van der Waals surface area contributed by atoms with Crippen molar-refractivity contribution in [3.63, 3.8) is 0 Å². The number of likely N-dealkylation sites (tertiary alicyclic amines) is 1. The van der Waals surface area contributed by atoms with E-state index in [2.05, 4.69) is 4.98 Å². The summed E-state index contributed by atoms with van der Waals surface area (Å²) in [5.74, 6) is 0.00266. The second-order valence-corrected chi connectivity index (χ2v) is 6.31. The summed E-state index contributed by atoms with van der Waals surface area (Å²) in [7, 11) is 0. The molecule has 1 N–H and O–H groups in total. The third-order valence-electron chi connectivity index (χ3n) is 4.74. The molecule has 1 spiro atoms. The van der Waals surface area contributed by atoms with Crippen molar-refractivity contribution in [1.82, 2.24) is 9.88 Å². The Morgan fingerprint density at radius 1 is 1.60 bits per heavy atom. The standard InChI is InChI=1S/C14H20N2O3S/c1-2-19-12-7-11(17)14(12)3-5-16(6-4-14)13(18)10-8-20-9-15-10/h8-9,11-12,17H,2-7H2,1H3. The molecule has 2 fully saturated rings. The number of piperidine rings is 1. The van der Waals surface area contributed by atoms with Gasteiger partial charge in [0.05, 0.1) is 17.7 Å². The van der Waals surface area contributed by atoms with Crippen LogP contribution in [0, 0.1) is 5.41 Å². The molecule has 110 valence electrons. The fraction of sp³-hybridized carbons (Fsp3) is 0.714. The Morgan fingerprint density at radius 2 is 2.35 bits per heavy atom. The minimum Gasteiger partial charge on any atom is -0.392 e. The number of hydrogen-bond donors (Lipinski definition) is 1. The highest BCUT2D eigenvalue weighted by Gasteiger charge is 2.56. The summed E-state index contributed by atoms with van der Waals surface area (Å²) >= 11 is 1.44. The molecule has 0 radical (unpaired) electrons. The van der Waals surface area contributed by atoms with E-state index in [1.165, 1.54) is 11.3 Å². The van der Waals surface area contributed by atoms with Gasteiger partial charge in [0.2, 0.25) is 0 Å². The Bertz CT molecular complexity index is 467. The summed E-state index contributed by atoms with van der Waals surface area (Å²) in [6.07, 6.45) is 2.23. The number of hydrogen-bond acceptors (Lipinski definition) is 5. The van der Waals surface area contributed by atoms with Crippen molar-refractivity contribution in [2.45, 2.75) is 38.4 Å². The predicted molar refractivity (Wildman–Crippen MR) is 75.7 cm³/mol. The van der Waals surface area contributed by atoms with Gasteiger partial charge in [-0.15, -0.1) is 11.3 Å². The molecule has 1 saturated heterocycles. The van der Waals surface area contributed by atoms with Crippen LogP contribution in [0.4, 0.5) is 0 Å². The Morgan fingerprint density at radius 3 is 2.90 bits per heavy atom. The van der Waals surface area contributed by atoms with Gasteiger partial charge < -0.3 is 14.7 Å². The van der Waals surface area contributed by atoms with Crippen LogP contribution in [0.3, 0.4) is 0 Å². The largest absolute Gasteiger partial charge is 0.392 e. The lowest BCUT2D eigenvalue weighted by Crippen LogP contribution is -2.62. The summed E-state index contributed by atoms with van der Waals surface area (Å²) in [6, 6.07) is 0. The summed E-state index contributed by atoms with van der Waals surface area (Å²) in [6.45, 7) is 4.02. The van der Waals surface area contributed by atoms with Gasteiger partial charge in [-0.05, 0) is 19.8 Å². The molecule has 1 aliphatic carbocycles. The van der Waals surface area contributed by atoms with E-state index in [4.69, 9.17) is 4.74 Å². The molecule has 2 atom stereocenters. The predicted octanol–water partition coefficient (Wildman–Crippen LogP) is 1.54. The molecule has 0 bridgehead atoms. The van der Waals surface area contributed by atoms with Crippen molar-refractivity contribution >= 4 is 17.2 Å². The van der Waals surface area contributed by atoms with Crippen molar-refractivity contribution in [2.24, 2.45) is 5.41 Å². The first-order valence-electron chi connectivity index (χ1n) is 7.14. The van der Waals surface area contributed by atoms with Gasteiger partial charge in [-0.3, -0.25) is 4.79 Å². The average Bonchev–Trinajstić information content (AvgIpc) is 3.01. The van der Waals surface area contributed by atoms with Gasteiger partial charge in [0.15, 0.2) is 0 Å². The number of rotatable bonds is 3. The molecule has 1 aliphatic heterocycles. The van der Waals surface area contributed by atoms with Gasteiger partial charge in [-0.2, -0.15) is 0 Å². The van der Waals surface area contributed by atoms with Gasteiger partial charge in [0, 0.05) is 36.9 Å². The minimum absolute atomic E-state index is 0.00266. The van der Waals surface area contributed by atoms with Gasteiger partial charge in [-0.1, -0.05) is 0 Å². The van der Waals surface area contributed by atoms with E-state index in [9.17, 15) is 9.90 Å². The number of aliphatic hydroxyl groups is 1. The quantitative estimate of drug-likeness (QED) is 0.919. The topological polar surface area (TPSA) is 62.7 Å². The van der Waals surface area contributed by atoms with Crippen LogP contribution in [0.2, 0.25) is 0 Å². The van der Waals surface area contributed by atoms with Crippen molar-refractivity contribution in [3.05, 3.63) is 16.6 Å². The van der Waals surface area contributed by atoms with Crippen LogP contribution in [0.15, 0.2) is 10.9 Å². The molecule has 2 heterocycles. The van der Waals surface area contributed by atoms with Gasteiger partial charge in [-0.25, -0.2) is 4.98 Å². The van der Waals surface area contributed by atoms with E-state index in [0.29, 0.717) is 25.4 Å². The van der Waals surface area contributed by atoms with Crippen LogP contribution >= 0.6 is 11.3 Å². The SMILES string of the molecule is CCOC1CC(O)C12CCN(C(=O)c1cscn1)CC2. The number of nitrogens with zero attached hydrogens (tertiary/aromatic N) is 2. The smallest absolute Gasteiger partial charge is 0.273 e. The number of thiazole rings is 1. The van der Waals surface area contributed by atoms with E-state index in [1.54, 1.807) is 10.9 Å². The Labute approximate surface area is 122 Å². The van der Waals surface area contributed by atoms with Crippen LogP contribution in [0.1, 0.15) is 36.7 Å². The molecule has 5 nitrogen and oxygen atoms in total. The Hall–Kier alpha value is -0.980. The van der Waals surface area contributed by atoms with Crippen LogP contribution in [-0.2, 0) is 4.74 Å². The highest BCUT2D eigenvalue weighted by atomic mass is 32.1. The lowest BCUT2D eigenvalue weighted by Gasteiger charge is -2.56. The van der Waals surface area contributed by atoms with Crippen molar-refractivity contribution in [3.8, 4) is 0 Å². The first-order valence-corrected chi connectivity index (χ1v) is 8.09. The van der Waals surface area contributed by atoms with E-state index < -0.39 is 0 Å². The number of carbonyl (C=O) groups excluding carboxylic acids is 1. The van der Waals surface area contributed by atoms with Crippen LogP contribution in [0.25, 0.3) is 0 Å². The maximum absolute atomic E-state index is 12.2. The zero-order valence-electron chi connectivity index (χ0n) is 11.6. The molecular formula is C14H20N2O3S. The average molecular weight is 296 g/mol. The van der Waals surface area contributed by atoms with E-state index in [1.807, 2.05) is 11.8 Å². The fourth-order valence-corrected chi connectivity index (χ4v) is 3.95. The molecule has 1 aromatic rings. The maximum atomic E-state index is 12.2. The first-order chi connectivity index (χ1) is 9.67. The lowest BCUT2D eigenvalue weighted by atomic mass is 9.58. The van der Waals surface area contributed by atoms with Crippen molar-refractivity contribution < 1.29 is 14.6 Å². The fourth-order valence-electron chi connectivity index (χ4n) is 3.42. The normalized spacial score (nSPS) is 28.4. The molecular weight excluding hydrogens is 276 g/mol. The van der Waals surface area contributed by atoms with Gasteiger partial charge >= 0.3 is 0 Å². The minimum atomic E-state index is -0.282. The van der Waals surface area contributed by atoms with Crippen LogP contribution in [-0.4, -0.2) is 52.8 Å². The summed E-state index contributed by atoms with van der Waals surface area (Å²) < 4.78 is 5.74. The molecule has 1 amide bonds. The van der Waals surface area contributed by atoms with Crippen LogP contribution in [0.5, 0.6) is 0 Å². The molecule has 3 rings (SSSR count). The number of aliphatic hydroxyl groups excluding tert-OH is 1. The lowest BCUT2D eigenvalue weighted by molar-refractivity contribution is -0.207. The number of ether oxygens (including phenoxy) is 1. The van der Waals surface area contributed by atoms with E-state index in [0.717, 1.165) is 19.3 Å². The van der Waals surface area contributed by atoms with Crippen molar-refractivity contribution in [2.75, 3.05) is 19.7 Å². The molecule has 1 aromatic heterocycles. The third-order valence-corrected chi connectivity index (χ3v) is 5.33. The third kappa shape index (κ3) is 2.16. The molecule has 1 saturated carbocycles. The summed E-state index contributed by atoms with van der Waals surface area (Å²) in [5.41, 5.74) is 2.08.